The highest BCUT2D eigenvalue weighted by molar-refractivity contribution is 7.80. The highest BCUT2D eigenvalue weighted by Crippen LogP contribution is 2.28. The molecule has 2 fully saturated rings. The lowest BCUT2D eigenvalue weighted by Crippen LogP contribution is -2.50. The number of thiocarbonyl (C=S) groups is 1. The van der Waals surface area contributed by atoms with Gasteiger partial charge in [0.1, 0.15) is 11.9 Å². The summed E-state index contributed by atoms with van der Waals surface area (Å²) in [5.41, 5.74) is 0.802. The number of hydrogen-bond acceptors (Lipinski definition) is 7. The van der Waals surface area contributed by atoms with Crippen molar-refractivity contribution in [3.8, 4) is 0 Å². The van der Waals surface area contributed by atoms with E-state index >= 15 is 0 Å². The standard InChI is InChI=1S/C20H26FN5O5S/c1-13(27)30-12-18(28)25-7-5-24(6-8-25)17-4-3-14(9-16(17)21)26-11-15(31-20(26)29)10-23-19(32)22-2/h3-4,9,15H,5-8,10-12H2,1-2H3,(H2,22,23,32)/t15-/m0/s1. The Morgan fingerprint density at radius 3 is 2.62 bits per heavy atom. The van der Waals surface area contributed by atoms with Crippen LogP contribution in [0.5, 0.6) is 0 Å². The molecule has 1 aromatic carbocycles. The van der Waals surface area contributed by atoms with Gasteiger partial charge in [-0.05, 0) is 30.4 Å². The van der Waals surface area contributed by atoms with Gasteiger partial charge in [0.15, 0.2) is 11.7 Å². The van der Waals surface area contributed by atoms with Crippen LogP contribution in [-0.2, 0) is 19.1 Å². The van der Waals surface area contributed by atoms with E-state index in [1.165, 1.54) is 17.9 Å². The van der Waals surface area contributed by atoms with Crippen LogP contribution in [0, 0.1) is 5.82 Å². The molecule has 0 radical (unpaired) electrons. The van der Waals surface area contributed by atoms with Gasteiger partial charge >= 0.3 is 12.1 Å². The zero-order valence-electron chi connectivity index (χ0n) is 17.9. The first-order valence-electron chi connectivity index (χ1n) is 10.2. The fraction of sp³-hybridized carbons (Fsp3) is 0.500. The summed E-state index contributed by atoms with van der Waals surface area (Å²) in [6.07, 6.45) is -0.951. The first-order valence-corrected chi connectivity index (χ1v) is 10.6. The van der Waals surface area contributed by atoms with Crippen molar-refractivity contribution >= 4 is 46.7 Å². The third-order valence-electron chi connectivity index (χ3n) is 5.21. The van der Waals surface area contributed by atoms with Crippen molar-refractivity contribution in [2.24, 2.45) is 0 Å². The van der Waals surface area contributed by atoms with E-state index < -0.39 is 24.0 Å². The number of rotatable bonds is 6. The van der Waals surface area contributed by atoms with Crippen LogP contribution in [0.4, 0.5) is 20.6 Å². The van der Waals surface area contributed by atoms with Gasteiger partial charge in [0.2, 0.25) is 0 Å². The van der Waals surface area contributed by atoms with Gasteiger partial charge in [-0.3, -0.25) is 14.5 Å². The Labute approximate surface area is 190 Å². The Kier molecular flexibility index (Phi) is 7.67. The first-order chi connectivity index (χ1) is 15.3. The van der Waals surface area contributed by atoms with Gasteiger partial charge in [0, 0.05) is 40.2 Å². The summed E-state index contributed by atoms with van der Waals surface area (Å²) in [7, 11) is 1.69. The molecular weight excluding hydrogens is 441 g/mol. The molecule has 3 rings (SSSR count). The van der Waals surface area contributed by atoms with E-state index in [-0.39, 0.29) is 19.1 Å². The van der Waals surface area contributed by atoms with Crippen LogP contribution in [0.25, 0.3) is 0 Å². The number of hydrogen-bond donors (Lipinski definition) is 2. The zero-order chi connectivity index (χ0) is 23.3. The molecule has 32 heavy (non-hydrogen) atoms. The maximum absolute atomic E-state index is 14.9. The van der Waals surface area contributed by atoms with Gasteiger partial charge in [-0.1, -0.05) is 0 Å². The van der Waals surface area contributed by atoms with Crippen molar-refractivity contribution in [2.45, 2.75) is 13.0 Å². The zero-order valence-corrected chi connectivity index (χ0v) is 18.7. The number of piperazine rings is 1. The number of benzene rings is 1. The SMILES string of the molecule is CNC(=S)NC[C@H]1CN(c2ccc(N3CCN(C(=O)COC(C)=O)CC3)c(F)c2)C(=O)O1. The van der Waals surface area contributed by atoms with Gasteiger partial charge in [-0.25, -0.2) is 9.18 Å². The molecule has 2 saturated heterocycles. The third-order valence-corrected chi connectivity index (χ3v) is 5.55. The summed E-state index contributed by atoms with van der Waals surface area (Å²) in [5.74, 6) is -1.25. The van der Waals surface area contributed by atoms with Gasteiger partial charge in [-0.15, -0.1) is 0 Å². The number of ether oxygens (including phenoxy) is 2. The van der Waals surface area contributed by atoms with E-state index in [9.17, 15) is 18.8 Å². The van der Waals surface area contributed by atoms with E-state index in [1.54, 1.807) is 24.1 Å². The molecule has 0 unspecified atom stereocenters. The molecule has 0 aliphatic carbocycles. The molecule has 2 aliphatic rings. The van der Waals surface area contributed by atoms with Crippen molar-refractivity contribution in [1.29, 1.82) is 0 Å². The number of nitrogens with one attached hydrogen (secondary N) is 2. The average molecular weight is 468 g/mol. The monoisotopic (exact) mass is 467 g/mol. The van der Waals surface area contributed by atoms with Gasteiger partial charge in [-0.2, -0.15) is 0 Å². The normalized spacial score (nSPS) is 18.3. The Morgan fingerprint density at radius 2 is 2.00 bits per heavy atom. The van der Waals surface area contributed by atoms with Crippen LogP contribution in [0.15, 0.2) is 18.2 Å². The lowest BCUT2D eigenvalue weighted by Gasteiger charge is -2.36. The average Bonchev–Trinajstić information content (AvgIpc) is 3.16. The second-order valence-corrected chi connectivity index (χ2v) is 7.77. The van der Waals surface area contributed by atoms with Crippen molar-refractivity contribution in [3.63, 3.8) is 0 Å². The summed E-state index contributed by atoms with van der Waals surface area (Å²) in [6.45, 7) is 3.24. The second kappa shape index (κ2) is 10.4. The Bertz CT molecular complexity index is 893. The molecule has 0 spiro atoms. The van der Waals surface area contributed by atoms with Crippen LogP contribution in [0.3, 0.4) is 0 Å². The predicted octanol–water partition coefficient (Wildman–Crippen LogP) is 0.457. The Morgan fingerprint density at radius 1 is 1.28 bits per heavy atom. The fourth-order valence-corrected chi connectivity index (χ4v) is 3.59. The second-order valence-electron chi connectivity index (χ2n) is 7.36. The molecule has 0 saturated carbocycles. The number of carbonyl (C=O) groups is 3. The van der Waals surface area contributed by atoms with Crippen LogP contribution in [0.1, 0.15) is 6.92 Å². The molecule has 10 nitrogen and oxygen atoms in total. The summed E-state index contributed by atoms with van der Waals surface area (Å²) < 4.78 is 24.9. The third kappa shape index (κ3) is 5.75. The number of cyclic esters (lactones) is 1. The Balaban J connectivity index is 1.57. The van der Waals surface area contributed by atoms with E-state index in [2.05, 4.69) is 10.6 Å². The lowest BCUT2D eigenvalue weighted by molar-refractivity contribution is -0.150. The maximum Gasteiger partial charge on any atom is 0.414 e. The number of carbonyl (C=O) groups excluding carboxylic acids is 3. The number of amides is 2. The molecule has 2 N–H and O–H groups in total. The molecule has 2 amide bonds. The minimum atomic E-state index is -0.542. The molecule has 2 heterocycles. The van der Waals surface area contributed by atoms with Crippen molar-refractivity contribution in [1.82, 2.24) is 15.5 Å². The summed E-state index contributed by atoms with van der Waals surface area (Å²) >= 11 is 5.01. The van der Waals surface area contributed by atoms with Gasteiger partial charge in [0.25, 0.3) is 5.91 Å². The number of esters is 1. The Hall–Kier alpha value is -3.15. The molecule has 2 aliphatic heterocycles. The molecule has 0 aromatic heterocycles. The lowest BCUT2D eigenvalue weighted by atomic mass is 10.2. The smallest absolute Gasteiger partial charge is 0.414 e. The summed E-state index contributed by atoms with van der Waals surface area (Å²) in [6, 6.07) is 4.60. The van der Waals surface area contributed by atoms with Crippen molar-refractivity contribution in [2.75, 3.05) is 62.7 Å². The molecule has 12 heteroatoms. The van der Waals surface area contributed by atoms with E-state index in [1.807, 2.05) is 4.90 Å². The molecule has 1 atom stereocenters. The molecule has 174 valence electrons. The fourth-order valence-electron chi connectivity index (χ4n) is 3.51. The van der Waals surface area contributed by atoms with Crippen LogP contribution >= 0.6 is 12.2 Å². The molecular formula is C20H26FN5O5S. The van der Waals surface area contributed by atoms with Crippen LogP contribution < -0.4 is 20.4 Å². The van der Waals surface area contributed by atoms with Crippen LogP contribution in [-0.4, -0.2) is 87.0 Å². The quantitative estimate of drug-likeness (QED) is 0.456. The van der Waals surface area contributed by atoms with Crippen LogP contribution in [0.2, 0.25) is 0 Å². The van der Waals surface area contributed by atoms with Gasteiger partial charge in [0.05, 0.1) is 24.5 Å². The number of nitrogens with zero attached hydrogens (tertiary/aromatic N) is 3. The summed E-state index contributed by atoms with van der Waals surface area (Å²) in [5, 5.41) is 6.16. The maximum atomic E-state index is 14.9. The van der Waals surface area contributed by atoms with Crippen molar-refractivity contribution in [3.05, 3.63) is 24.0 Å². The van der Waals surface area contributed by atoms with E-state index in [0.717, 1.165) is 0 Å². The summed E-state index contributed by atoms with van der Waals surface area (Å²) in [4.78, 5) is 39.9. The highest BCUT2D eigenvalue weighted by atomic mass is 32.1. The van der Waals surface area contributed by atoms with Crippen molar-refractivity contribution < 1.29 is 28.2 Å². The number of halogens is 1. The van der Waals surface area contributed by atoms with Gasteiger partial charge < -0.3 is 29.9 Å². The van der Waals surface area contributed by atoms with E-state index in [0.29, 0.717) is 49.2 Å². The topological polar surface area (TPSA) is 103 Å². The molecule has 1 aromatic rings. The molecule has 0 bridgehead atoms. The highest BCUT2D eigenvalue weighted by Gasteiger charge is 2.33. The minimum Gasteiger partial charge on any atom is -0.456 e. The first kappa shape index (κ1) is 23.5. The largest absolute Gasteiger partial charge is 0.456 e. The predicted molar refractivity (Wildman–Crippen MR) is 119 cm³/mol. The number of anilines is 2. The minimum absolute atomic E-state index is 0.275. The van der Waals surface area contributed by atoms with E-state index in [4.69, 9.17) is 21.7 Å².